The number of esters is 2. The summed E-state index contributed by atoms with van der Waals surface area (Å²) in [5.41, 5.74) is 1.27. The van der Waals surface area contributed by atoms with Crippen molar-refractivity contribution in [3.8, 4) is 0 Å². The number of rotatable bonds is 6. The van der Waals surface area contributed by atoms with Crippen molar-refractivity contribution >= 4 is 11.9 Å². The molecule has 0 aromatic heterocycles. The lowest BCUT2D eigenvalue weighted by atomic mass is 9.79. The maximum atomic E-state index is 12.7. The van der Waals surface area contributed by atoms with Crippen LogP contribution in [-0.4, -0.2) is 25.2 Å². The van der Waals surface area contributed by atoms with Crippen molar-refractivity contribution in [1.29, 1.82) is 0 Å². The summed E-state index contributed by atoms with van der Waals surface area (Å²) in [5.74, 6) is -0.277. The molecule has 2 saturated carbocycles. The number of ether oxygens (including phenoxy) is 2. The van der Waals surface area contributed by atoms with Gasteiger partial charge in [-0.05, 0) is 51.4 Å². The van der Waals surface area contributed by atoms with E-state index < -0.39 is 0 Å². The number of hydrogen-bond acceptors (Lipinski definition) is 4. The largest absolute Gasteiger partial charge is 0.463 e. The molecule has 2 aliphatic carbocycles. The first-order chi connectivity index (χ1) is 11.2. The molecular formula is C19H30O4. The minimum atomic E-state index is -0.298. The second-order valence-corrected chi connectivity index (χ2v) is 6.58. The van der Waals surface area contributed by atoms with Crippen LogP contribution in [0.4, 0.5) is 0 Å². The van der Waals surface area contributed by atoms with Gasteiger partial charge < -0.3 is 9.47 Å². The van der Waals surface area contributed by atoms with Crippen LogP contribution in [0.25, 0.3) is 0 Å². The van der Waals surface area contributed by atoms with Gasteiger partial charge in [-0.15, -0.1) is 0 Å². The van der Waals surface area contributed by atoms with Crippen LogP contribution in [0.15, 0.2) is 11.1 Å². The summed E-state index contributed by atoms with van der Waals surface area (Å²) in [6.45, 7) is 4.32. The predicted octanol–water partition coefficient (Wildman–Crippen LogP) is 4.18. The van der Waals surface area contributed by atoms with Crippen LogP contribution in [0.2, 0.25) is 0 Å². The Bertz CT molecular complexity index is 440. The molecule has 2 fully saturated rings. The summed E-state index contributed by atoms with van der Waals surface area (Å²) in [7, 11) is 0. The molecule has 0 heterocycles. The van der Waals surface area contributed by atoms with Gasteiger partial charge in [0.25, 0.3) is 0 Å². The highest BCUT2D eigenvalue weighted by atomic mass is 16.5. The molecule has 0 spiro atoms. The second kappa shape index (κ2) is 9.09. The molecule has 0 unspecified atom stereocenters. The van der Waals surface area contributed by atoms with Gasteiger partial charge in [0, 0.05) is 0 Å². The lowest BCUT2D eigenvalue weighted by Crippen LogP contribution is -2.26. The van der Waals surface area contributed by atoms with E-state index in [2.05, 4.69) is 0 Å². The van der Waals surface area contributed by atoms with E-state index in [0.29, 0.717) is 24.4 Å². The first-order valence-electron chi connectivity index (χ1n) is 9.27. The van der Waals surface area contributed by atoms with Crippen LogP contribution in [0, 0.1) is 11.8 Å². The molecule has 0 aromatic rings. The third-order valence-electron chi connectivity index (χ3n) is 5.06. The van der Waals surface area contributed by atoms with Gasteiger partial charge in [-0.3, -0.25) is 0 Å². The van der Waals surface area contributed by atoms with Gasteiger partial charge in [-0.1, -0.05) is 32.1 Å². The Labute approximate surface area is 139 Å². The normalized spacial score (nSPS) is 21.0. The van der Waals surface area contributed by atoms with Crippen molar-refractivity contribution in [3.05, 3.63) is 11.1 Å². The highest BCUT2D eigenvalue weighted by molar-refractivity contribution is 6.01. The van der Waals surface area contributed by atoms with Crippen LogP contribution < -0.4 is 0 Å². The molecule has 0 radical (unpaired) electrons. The van der Waals surface area contributed by atoms with E-state index in [-0.39, 0.29) is 23.8 Å². The zero-order chi connectivity index (χ0) is 16.7. The monoisotopic (exact) mass is 322 g/mol. The summed E-state index contributed by atoms with van der Waals surface area (Å²) >= 11 is 0. The van der Waals surface area contributed by atoms with Crippen molar-refractivity contribution in [1.82, 2.24) is 0 Å². The molecule has 0 aliphatic heterocycles. The Morgan fingerprint density at radius 3 is 1.39 bits per heavy atom. The lowest BCUT2D eigenvalue weighted by molar-refractivity contribution is -0.143. The summed E-state index contributed by atoms with van der Waals surface area (Å²) in [5, 5.41) is 0. The lowest BCUT2D eigenvalue weighted by Gasteiger charge is -2.27. The molecule has 0 amide bonds. The van der Waals surface area contributed by atoms with Gasteiger partial charge in [0.05, 0.1) is 24.4 Å². The molecule has 4 nitrogen and oxygen atoms in total. The average molecular weight is 322 g/mol. The fraction of sp³-hybridized carbons (Fsp3) is 0.789. The fourth-order valence-electron chi connectivity index (χ4n) is 4.02. The topological polar surface area (TPSA) is 52.6 Å². The number of carbonyl (C=O) groups excluding carboxylic acids is 2. The fourth-order valence-corrected chi connectivity index (χ4v) is 4.02. The molecule has 23 heavy (non-hydrogen) atoms. The van der Waals surface area contributed by atoms with Crippen LogP contribution in [0.3, 0.4) is 0 Å². The molecule has 130 valence electrons. The van der Waals surface area contributed by atoms with Gasteiger partial charge in [0.15, 0.2) is 0 Å². The van der Waals surface area contributed by atoms with Gasteiger partial charge in [0.2, 0.25) is 0 Å². The first kappa shape index (κ1) is 18.0. The number of hydrogen-bond donors (Lipinski definition) is 0. The van der Waals surface area contributed by atoms with E-state index in [9.17, 15) is 9.59 Å². The zero-order valence-electron chi connectivity index (χ0n) is 14.6. The number of carbonyl (C=O) groups is 2. The molecule has 0 saturated heterocycles. The molecule has 0 atom stereocenters. The Kier molecular flexibility index (Phi) is 7.13. The highest BCUT2D eigenvalue weighted by Gasteiger charge is 2.35. The van der Waals surface area contributed by atoms with Gasteiger partial charge >= 0.3 is 11.9 Å². The highest BCUT2D eigenvalue weighted by Crippen LogP contribution is 2.39. The standard InChI is InChI=1S/C19H30O4/c1-3-22-18(20)16(14-10-6-5-7-11-14)17(19(21)23-4-2)15-12-8-9-13-15/h14-15H,3-13H2,1-2H3. The second-order valence-electron chi connectivity index (χ2n) is 6.58. The summed E-state index contributed by atoms with van der Waals surface area (Å²) in [6.07, 6.45) is 9.59. The summed E-state index contributed by atoms with van der Waals surface area (Å²) in [4.78, 5) is 25.3. The van der Waals surface area contributed by atoms with Crippen molar-refractivity contribution in [2.24, 2.45) is 11.8 Å². The van der Waals surface area contributed by atoms with E-state index in [1.54, 1.807) is 0 Å². The molecule has 2 aliphatic rings. The third-order valence-corrected chi connectivity index (χ3v) is 5.06. The molecule has 0 bridgehead atoms. The minimum Gasteiger partial charge on any atom is -0.463 e. The van der Waals surface area contributed by atoms with Crippen molar-refractivity contribution in [3.63, 3.8) is 0 Å². The molecule has 0 aromatic carbocycles. The van der Waals surface area contributed by atoms with Gasteiger partial charge in [0.1, 0.15) is 0 Å². The maximum Gasteiger partial charge on any atom is 0.334 e. The average Bonchev–Trinajstić information content (AvgIpc) is 3.07. The van der Waals surface area contributed by atoms with Gasteiger partial charge in [-0.2, -0.15) is 0 Å². The molecule has 4 heteroatoms. The van der Waals surface area contributed by atoms with Crippen molar-refractivity contribution in [2.75, 3.05) is 13.2 Å². The zero-order valence-corrected chi connectivity index (χ0v) is 14.6. The van der Waals surface area contributed by atoms with Crippen LogP contribution in [0.5, 0.6) is 0 Å². The molecule has 2 rings (SSSR count). The molecule has 0 N–H and O–H groups in total. The SMILES string of the molecule is CCOC(=O)C(=C(C(=O)OCC)C1CCCC1)C1CCCCC1. The quantitative estimate of drug-likeness (QED) is 0.544. The van der Waals surface area contributed by atoms with E-state index in [0.717, 1.165) is 51.4 Å². The van der Waals surface area contributed by atoms with E-state index in [4.69, 9.17) is 9.47 Å². The Balaban J connectivity index is 2.41. The van der Waals surface area contributed by atoms with Gasteiger partial charge in [-0.25, -0.2) is 9.59 Å². The summed E-state index contributed by atoms with van der Waals surface area (Å²) in [6, 6.07) is 0. The predicted molar refractivity (Wildman–Crippen MR) is 88.8 cm³/mol. The Hall–Kier alpha value is -1.32. The third kappa shape index (κ3) is 4.58. The van der Waals surface area contributed by atoms with Crippen molar-refractivity contribution in [2.45, 2.75) is 71.6 Å². The van der Waals surface area contributed by atoms with E-state index >= 15 is 0 Å². The first-order valence-corrected chi connectivity index (χ1v) is 9.27. The van der Waals surface area contributed by atoms with Crippen LogP contribution >= 0.6 is 0 Å². The van der Waals surface area contributed by atoms with Crippen LogP contribution in [-0.2, 0) is 19.1 Å². The smallest absolute Gasteiger partial charge is 0.334 e. The van der Waals surface area contributed by atoms with E-state index in [1.807, 2.05) is 13.8 Å². The Morgan fingerprint density at radius 1 is 0.696 bits per heavy atom. The van der Waals surface area contributed by atoms with Crippen molar-refractivity contribution < 1.29 is 19.1 Å². The summed E-state index contributed by atoms with van der Waals surface area (Å²) < 4.78 is 10.6. The van der Waals surface area contributed by atoms with E-state index in [1.165, 1.54) is 6.42 Å². The molecular weight excluding hydrogens is 292 g/mol. The van der Waals surface area contributed by atoms with Crippen LogP contribution in [0.1, 0.15) is 71.6 Å². The maximum absolute atomic E-state index is 12.7. The minimum absolute atomic E-state index is 0.155. The Morgan fingerprint density at radius 2 is 1.04 bits per heavy atom.